The smallest absolute Gasteiger partial charge is 0.0645 e. The molecule has 0 saturated carbocycles. The van der Waals surface area contributed by atoms with Gasteiger partial charge in [0.2, 0.25) is 0 Å². The molecule has 0 fully saturated rings. The second kappa shape index (κ2) is 17.7. The average Bonchev–Trinajstić information content (AvgIpc) is 3.45. The van der Waals surface area contributed by atoms with Gasteiger partial charge >= 0.3 is 0 Å². The van der Waals surface area contributed by atoms with Crippen molar-refractivity contribution in [2.75, 3.05) is 4.90 Å². The Bertz CT molecular complexity index is 3810. The van der Waals surface area contributed by atoms with Crippen molar-refractivity contribution in [3.8, 4) is 77.9 Å². The van der Waals surface area contributed by atoms with Crippen molar-refractivity contribution in [1.82, 2.24) is 0 Å². The van der Waals surface area contributed by atoms with Crippen molar-refractivity contribution in [3.05, 3.63) is 273 Å². The second-order valence-electron chi connectivity index (χ2n) is 15.8. The minimum Gasteiger partial charge on any atom is -0.311 e. The van der Waals surface area contributed by atoms with E-state index in [2.05, 4.69) is 42.5 Å². The van der Waals surface area contributed by atoms with E-state index in [0.29, 0.717) is 16.8 Å². The second-order valence-corrected chi connectivity index (χ2v) is 15.8. The van der Waals surface area contributed by atoms with Gasteiger partial charge in [-0.2, -0.15) is 0 Å². The van der Waals surface area contributed by atoms with Crippen LogP contribution in [0, 0.1) is 0 Å². The molecule has 0 saturated heterocycles. The monoisotopic (exact) mass is 835 g/mol. The first-order valence-electron chi connectivity index (χ1n) is 25.7. The maximum absolute atomic E-state index is 9.85. The predicted molar refractivity (Wildman–Crippen MR) is 277 cm³/mol. The summed E-state index contributed by atoms with van der Waals surface area (Å²) >= 11 is 0. The van der Waals surface area contributed by atoms with Gasteiger partial charge < -0.3 is 4.90 Å². The Balaban J connectivity index is 1.11. The lowest BCUT2D eigenvalue weighted by atomic mass is 9.90. The van der Waals surface area contributed by atoms with E-state index in [1.807, 2.05) is 164 Å². The summed E-state index contributed by atoms with van der Waals surface area (Å²) in [6.45, 7) is 0. The van der Waals surface area contributed by atoms with Crippen LogP contribution in [-0.2, 0) is 0 Å². The molecule has 0 aliphatic heterocycles. The van der Waals surface area contributed by atoms with Crippen molar-refractivity contribution < 1.29 is 11.0 Å². The molecule has 0 aliphatic rings. The molecule has 11 aromatic rings. The number of benzene rings is 11. The van der Waals surface area contributed by atoms with Crippen LogP contribution in [0.5, 0.6) is 0 Å². The average molecular weight is 836 g/mol. The van der Waals surface area contributed by atoms with E-state index in [9.17, 15) is 11.0 Å². The van der Waals surface area contributed by atoms with Gasteiger partial charge in [-0.15, -0.1) is 0 Å². The number of hydrogen-bond acceptors (Lipinski definition) is 1. The molecule has 0 N–H and O–H groups in total. The topological polar surface area (TPSA) is 3.24 Å². The number of hydrogen-bond donors (Lipinski definition) is 0. The highest BCUT2D eigenvalue weighted by molar-refractivity contribution is 6.04. The molecule has 65 heavy (non-hydrogen) atoms. The van der Waals surface area contributed by atoms with Crippen LogP contribution >= 0.6 is 0 Å². The van der Waals surface area contributed by atoms with Crippen molar-refractivity contribution >= 4 is 27.8 Å². The molecule has 0 spiro atoms. The van der Waals surface area contributed by atoms with E-state index >= 15 is 0 Å². The fraction of sp³-hybridized carbons (Fsp3) is 0. The maximum atomic E-state index is 9.85. The zero-order chi connectivity index (χ0) is 50.3. The maximum Gasteiger partial charge on any atom is 0.0645 e. The minimum atomic E-state index is -0.409. The lowest BCUT2D eigenvalue weighted by Crippen LogP contribution is -2.09. The lowest BCUT2D eigenvalue weighted by Gasteiger charge is -2.26. The number of rotatable bonds is 10. The molecule has 11 aromatic carbocycles. The molecule has 0 bridgehead atoms. The summed E-state index contributed by atoms with van der Waals surface area (Å²) < 4.78 is 77.7. The Morgan fingerprint density at radius 3 is 1.32 bits per heavy atom. The quantitative estimate of drug-likeness (QED) is 0.133. The standard InChI is InChI=1S/C64H45N/c1-5-16-46(17-6-1)54-25-15-26-55(44-54)47-28-36-57(37-29-47)65(59-40-32-52(33-41-59)62-43-34-51-22-13-14-27-61(51)64(62)53-23-11-4-12-24-53)58-38-30-48(31-39-58)56-35-42-60(49-18-7-2-8-19-49)63(45-56)50-20-9-3-10-21-50/h1-45H/i28D,29D,32D,33D,36D,37D,40D,41D. The van der Waals surface area contributed by atoms with E-state index in [1.165, 1.54) is 4.90 Å². The summed E-state index contributed by atoms with van der Waals surface area (Å²) in [6.07, 6.45) is 0. The van der Waals surface area contributed by atoms with Crippen LogP contribution in [0.4, 0.5) is 17.1 Å². The SMILES string of the molecule is [2H]c1c([2H])c(N(c2ccc(-c3ccc(-c4ccccc4)c(-c4ccccc4)c3)cc2)c2c([2H])c([2H])c(-c3ccc4ccccc4c3-c3ccccc3)c([2H])c2[2H])c([2H])c([2H])c1-c1cccc(-c2ccccc2)c1. The van der Waals surface area contributed by atoms with Gasteiger partial charge in [0.15, 0.2) is 0 Å². The third-order valence-corrected chi connectivity index (χ3v) is 11.8. The molecule has 0 heterocycles. The molecule has 1 nitrogen and oxygen atoms in total. The molecule has 0 atom stereocenters. The van der Waals surface area contributed by atoms with E-state index in [-0.39, 0.29) is 46.7 Å². The van der Waals surface area contributed by atoms with Gasteiger partial charge in [-0.1, -0.05) is 224 Å². The van der Waals surface area contributed by atoms with E-state index in [4.69, 9.17) is 0 Å². The molecule has 0 radical (unpaired) electrons. The first-order valence-corrected chi connectivity index (χ1v) is 21.7. The van der Waals surface area contributed by atoms with Crippen LogP contribution in [0.15, 0.2) is 273 Å². The van der Waals surface area contributed by atoms with Crippen LogP contribution in [0.1, 0.15) is 11.0 Å². The predicted octanol–water partition coefficient (Wildman–Crippen LogP) is 18.0. The van der Waals surface area contributed by atoms with Gasteiger partial charge in [0.1, 0.15) is 0 Å². The highest BCUT2D eigenvalue weighted by Gasteiger charge is 2.17. The molecule has 0 amide bonds. The molecule has 1 heteroatoms. The molecule has 306 valence electrons. The van der Waals surface area contributed by atoms with Crippen LogP contribution in [0.2, 0.25) is 0 Å². The van der Waals surface area contributed by atoms with Crippen LogP contribution < -0.4 is 4.90 Å². The third-order valence-electron chi connectivity index (χ3n) is 11.8. The number of fused-ring (bicyclic) bond motifs is 1. The van der Waals surface area contributed by atoms with Crippen molar-refractivity contribution in [1.29, 1.82) is 0 Å². The Labute approximate surface area is 393 Å². The lowest BCUT2D eigenvalue weighted by molar-refractivity contribution is 1.28. The molecule has 0 aliphatic carbocycles. The number of nitrogens with zero attached hydrogens (tertiary/aromatic N) is 1. The van der Waals surface area contributed by atoms with E-state index in [0.717, 1.165) is 66.4 Å². The van der Waals surface area contributed by atoms with E-state index < -0.39 is 24.2 Å². The largest absolute Gasteiger partial charge is 0.311 e. The summed E-state index contributed by atoms with van der Waals surface area (Å²) in [5.41, 5.74) is 10.5. The molecule has 0 unspecified atom stereocenters. The summed E-state index contributed by atoms with van der Waals surface area (Å²) in [6, 6.07) is 69.6. The zero-order valence-corrected chi connectivity index (χ0v) is 35.3. The van der Waals surface area contributed by atoms with Gasteiger partial charge in [0.05, 0.1) is 11.0 Å². The summed E-state index contributed by atoms with van der Waals surface area (Å²) in [5.74, 6) is 0. The van der Waals surface area contributed by atoms with Crippen LogP contribution in [0.25, 0.3) is 88.7 Å². The highest BCUT2D eigenvalue weighted by Crippen LogP contribution is 2.42. The summed E-state index contributed by atoms with van der Waals surface area (Å²) in [7, 11) is 0. The fourth-order valence-corrected chi connectivity index (χ4v) is 8.62. The van der Waals surface area contributed by atoms with Crippen molar-refractivity contribution in [2.45, 2.75) is 0 Å². The molecular weight excluding hydrogens is 783 g/mol. The molecule has 0 aromatic heterocycles. The first-order chi connectivity index (χ1) is 35.6. The van der Waals surface area contributed by atoms with E-state index in [1.54, 1.807) is 18.2 Å². The number of anilines is 3. The molecular formula is C64H45N. The van der Waals surface area contributed by atoms with Gasteiger partial charge in [-0.3, -0.25) is 0 Å². The Hall–Kier alpha value is -8.52. The van der Waals surface area contributed by atoms with Gasteiger partial charge in [0.25, 0.3) is 0 Å². The van der Waals surface area contributed by atoms with Gasteiger partial charge in [-0.05, 0) is 137 Å². The highest BCUT2D eigenvalue weighted by atomic mass is 15.1. The molecule has 11 rings (SSSR count). The van der Waals surface area contributed by atoms with Gasteiger partial charge in [0, 0.05) is 17.1 Å². The zero-order valence-electron chi connectivity index (χ0n) is 43.3. The fourth-order valence-electron chi connectivity index (χ4n) is 8.62. The third kappa shape index (κ3) is 8.04. The van der Waals surface area contributed by atoms with Crippen LogP contribution in [-0.4, -0.2) is 0 Å². The summed E-state index contributed by atoms with van der Waals surface area (Å²) in [5, 5.41) is 1.84. The van der Waals surface area contributed by atoms with Crippen molar-refractivity contribution in [3.63, 3.8) is 0 Å². The Morgan fingerprint density at radius 2 is 0.692 bits per heavy atom. The van der Waals surface area contributed by atoms with Gasteiger partial charge in [-0.25, -0.2) is 0 Å². The van der Waals surface area contributed by atoms with Crippen LogP contribution in [0.3, 0.4) is 0 Å². The normalized spacial score (nSPS) is 12.8. The van der Waals surface area contributed by atoms with Crippen molar-refractivity contribution in [2.24, 2.45) is 0 Å². The first kappa shape index (κ1) is 31.3. The Morgan fingerprint density at radius 1 is 0.246 bits per heavy atom. The summed E-state index contributed by atoms with van der Waals surface area (Å²) in [4.78, 5) is 1.37. The minimum absolute atomic E-state index is 0.0969. The Kier molecular flexibility index (Phi) is 8.53.